The summed E-state index contributed by atoms with van der Waals surface area (Å²) in [6.07, 6.45) is 0. The van der Waals surface area contributed by atoms with Crippen LogP contribution in [0.2, 0.25) is 0 Å². The third-order valence-corrected chi connectivity index (χ3v) is 3.33. The first-order chi connectivity index (χ1) is 12.3. The van der Waals surface area contributed by atoms with Crippen LogP contribution in [0.25, 0.3) is 0 Å². The zero-order valence-corrected chi connectivity index (χ0v) is 14.3. The number of amides is 2. The Hall–Kier alpha value is -2.81. The molecular weight excluding hydrogens is 338 g/mol. The van der Waals surface area contributed by atoms with Crippen molar-refractivity contribution in [3.8, 4) is 5.75 Å². The maximum absolute atomic E-state index is 11.3. The lowest BCUT2D eigenvalue weighted by Gasteiger charge is -2.16. The Kier molecular flexibility index (Phi) is 6.40. The van der Waals surface area contributed by atoms with Crippen LogP contribution in [-0.4, -0.2) is 41.1 Å². The highest BCUT2D eigenvalue weighted by atomic mass is 16.5. The van der Waals surface area contributed by atoms with Crippen LogP contribution in [0.4, 0.5) is 11.4 Å². The summed E-state index contributed by atoms with van der Waals surface area (Å²) in [5, 5.41) is 34.2. The second kappa shape index (κ2) is 8.52. The lowest BCUT2D eigenvalue weighted by Crippen LogP contribution is -2.39. The molecule has 2 rings (SSSR count). The first kappa shape index (κ1) is 19.5. The second-order valence-corrected chi connectivity index (χ2v) is 5.58. The zero-order valence-electron chi connectivity index (χ0n) is 14.3. The fourth-order valence-corrected chi connectivity index (χ4v) is 2.32. The monoisotopic (exact) mass is 356 g/mol. The van der Waals surface area contributed by atoms with E-state index in [1.807, 2.05) is 0 Å². The van der Waals surface area contributed by atoms with E-state index in [0.717, 1.165) is 0 Å². The van der Waals surface area contributed by atoms with Gasteiger partial charge in [-0.05, 0) is 23.7 Å². The topological polar surface area (TPSA) is 128 Å². The van der Waals surface area contributed by atoms with Gasteiger partial charge in [-0.15, -0.1) is 0 Å². The minimum atomic E-state index is -1.78. The summed E-state index contributed by atoms with van der Waals surface area (Å²) < 4.78 is 5.47. The Balaban J connectivity index is 2.31. The molecule has 0 bridgehead atoms. The highest BCUT2D eigenvalue weighted by Gasteiger charge is 2.24. The molecule has 5 N–H and O–H groups in total. The number of nitrogens with one attached hydrogen (secondary N) is 2. The maximum Gasteiger partial charge on any atom is 0.562 e. The number of rotatable bonds is 6. The molecule has 8 nitrogen and oxygen atoms in total. The van der Waals surface area contributed by atoms with Gasteiger partial charge in [0.25, 0.3) is 0 Å². The lowest BCUT2D eigenvalue weighted by molar-refractivity contribution is -0.115. The smallest absolute Gasteiger partial charge is 0.532 e. The van der Waals surface area contributed by atoms with Gasteiger partial charge in [0.05, 0.1) is 0 Å². The Bertz CT molecular complexity index is 815. The summed E-state index contributed by atoms with van der Waals surface area (Å²) in [7, 11) is -3.22. The molecule has 0 aliphatic heterocycles. The number of benzene rings is 2. The van der Waals surface area contributed by atoms with Crippen molar-refractivity contribution in [1.29, 1.82) is 0 Å². The van der Waals surface area contributed by atoms with Gasteiger partial charge < -0.3 is 30.4 Å². The molecule has 0 aromatic heterocycles. The molecule has 2 amide bonds. The number of para-hydroxylation sites is 1. The van der Waals surface area contributed by atoms with E-state index in [1.165, 1.54) is 32.0 Å². The van der Waals surface area contributed by atoms with Crippen LogP contribution < -0.4 is 26.2 Å². The van der Waals surface area contributed by atoms with E-state index in [2.05, 4.69) is 10.6 Å². The van der Waals surface area contributed by atoms with Crippen molar-refractivity contribution in [3.63, 3.8) is 0 Å². The molecule has 0 saturated heterocycles. The predicted octanol–water partition coefficient (Wildman–Crippen LogP) is -0.950. The third kappa shape index (κ3) is 5.35. The van der Waals surface area contributed by atoms with Gasteiger partial charge in [-0.3, -0.25) is 9.59 Å². The van der Waals surface area contributed by atoms with Crippen LogP contribution in [0.15, 0.2) is 42.5 Å². The van der Waals surface area contributed by atoms with Gasteiger partial charge in [0.15, 0.2) is 0 Å². The SMILES string of the molecule is CC(=O)Nc1cc(OB(O)c2ccccc2NC(C)=O)cc(B(O)O)c1. The summed E-state index contributed by atoms with van der Waals surface area (Å²) in [6, 6.07) is 10.7. The molecule has 0 unspecified atom stereocenters. The van der Waals surface area contributed by atoms with Crippen LogP contribution in [0.1, 0.15) is 13.8 Å². The van der Waals surface area contributed by atoms with Crippen molar-refractivity contribution in [2.24, 2.45) is 0 Å². The van der Waals surface area contributed by atoms with E-state index in [-0.39, 0.29) is 28.7 Å². The van der Waals surface area contributed by atoms with Crippen molar-refractivity contribution >= 4 is 48.4 Å². The van der Waals surface area contributed by atoms with Crippen molar-refractivity contribution in [2.45, 2.75) is 13.8 Å². The van der Waals surface area contributed by atoms with Crippen LogP contribution in [-0.2, 0) is 9.59 Å². The first-order valence-corrected chi connectivity index (χ1v) is 7.76. The second-order valence-electron chi connectivity index (χ2n) is 5.58. The fraction of sp³-hybridized carbons (Fsp3) is 0.125. The number of carbonyl (C=O) groups is 2. The van der Waals surface area contributed by atoms with Crippen molar-refractivity contribution in [3.05, 3.63) is 42.5 Å². The van der Waals surface area contributed by atoms with Gasteiger partial charge in [-0.25, -0.2) is 0 Å². The standard InChI is InChI=1S/C16H18B2N2O6/c1-10(21)19-13-7-12(17(23)24)8-14(9-13)26-18(25)15-5-3-4-6-16(15)20-11(2)22/h3-9,23-25H,1-2H3,(H,19,21)(H,20,22). The molecule has 0 aliphatic rings. The van der Waals surface area contributed by atoms with Gasteiger partial charge in [-0.1, -0.05) is 18.2 Å². The summed E-state index contributed by atoms with van der Waals surface area (Å²) in [6.45, 7) is 2.65. The molecule has 26 heavy (non-hydrogen) atoms. The lowest BCUT2D eigenvalue weighted by atomic mass is 9.77. The number of anilines is 2. The van der Waals surface area contributed by atoms with Crippen LogP contribution in [0, 0.1) is 0 Å². The van der Waals surface area contributed by atoms with Crippen molar-refractivity contribution in [1.82, 2.24) is 0 Å². The van der Waals surface area contributed by atoms with E-state index in [1.54, 1.807) is 24.3 Å². The van der Waals surface area contributed by atoms with Gasteiger partial charge in [0.2, 0.25) is 11.8 Å². The molecule has 0 atom stereocenters. The van der Waals surface area contributed by atoms with Crippen LogP contribution in [0.5, 0.6) is 5.75 Å². The normalized spacial score (nSPS) is 10.0. The summed E-state index contributed by atoms with van der Waals surface area (Å²) in [5.41, 5.74) is 1.06. The minimum Gasteiger partial charge on any atom is -0.532 e. The zero-order chi connectivity index (χ0) is 19.3. The Morgan fingerprint density at radius 1 is 0.962 bits per heavy atom. The van der Waals surface area contributed by atoms with E-state index < -0.39 is 14.2 Å². The molecule has 0 fully saturated rings. The third-order valence-electron chi connectivity index (χ3n) is 3.33. The largest absolute Gasteiger partial charge is 0.562 e. The summed E-state index contributed by atoms with van der Waals surface area (Å²) in [5.74, 6) is -0.551. The Morgan fingerprint density at radius 2 is 1.62 bits per heavy atom. The quantitative estimate of drug-likeness (QED) is 0.425. The molecule has 0 aliphatic carbocycles. The molecule has 0 saturated carbocycles. The van der Waals surface area contributed by atoms with E-state index >= 15 is 0 Å². The first-order valence-electron chi connectivity index (χ1n) is 7.76. The van der Waals surface area contributed by atoms with Gasteiger partial charge in [0, 0.05) is 36.8 Å². The summed E-state index contributed by atoms with van der Waals surface area (Å²) >= 11 is 0. The molecule has 0 spiro atoms. The van der Waals surface area contributed by atoms with Gasteiger partial charge in [0.1, 0.15) is 5.75 Å². The Morgan fingerprint density at radius 3 is 2.23 bits per heavy atom. The highest BCUT2D eigenvalue weighted by Crippen LogP contribution is 2.17. The number of carbonyl (C=O) groups excluding carboxylic acids is 2. The molecule has 10 heteroatoms. The molecule has 0 radical (unpaired) electrons. The maximum atomic E-state index is 11.3. The van der Waals surface area contributed by atoms with Gasteiger partial charge >= 0.3 is 14.2 Å². The van der Waals surface area contributed by atoms with Crippen molar-refractivity contribution in [2.75, 3.05) is 10.6 Å². The highest BCUT2D eigenvalue weighted by molar-refractivity contribution is 6.63. The molecule has 0 heterocycles. The van der Waals surface area contributed by atoms with E-state index in [4.69, 9.17) is 4.65 Å². The number of hydrogen-bond acceptors (Lipinski definition) is 6. The van der Waals surface area contributed by atoms with Gasteiger partial charge in [-0.2, -0.15) is 0 Å². The van der Waals surface area contributed by atoms with Crippen LogP contribution in [0.3, 0.4) is 0 Å². The minimum absolute atomic E-state index is 0.0774. The number of hydrogen-bond donors (Lipinski definition) is 5. The van der Waals surface area contributed by atoms with E-state index in [9.17, 15) is 24.7 Å². The predicted molar refractivity (Wildman–Crippen MR) is 99.6 cm³/mol. The summed E-state index contributed by atoms with van der Waals surface area (Å²) in [4.78, 5) is 22.5. The fourth-order valence-electron chi connectivity index (χ4n) is 2.32. The molecule has 134 valence electrons. The Labute approximate surface area is 151 Å². The molecule has 2 aromatic carbocycles. The molecular formula is C16H18B2N2O6. The average molecular weight is 356 g/mol. The van der Waals surface area contributed by atoms with Crippen molar-refractivity contribution < 1.29 is 29.3 Å². The average Bonchev–Trinajstić information content (AvgIpc) is 2.53. The van der Waals surface area contributed by atoms with E-state index in [0.29, 0.717) is 11.2 Å². The molecule has 2 aromatic rings. The van der Waals surface area contributed by atoms with Crippen LogP contribution >= 0.6 is 0 Å².